The Kier molecular flexibility index (Phi) is 6.09. The molecule has 2 aromatic heterocycles. The first kappa shape index (κ1) is 23.6. The molecule has 1 aliphatic carbocycles. The molecule has 0 aliphatic heterocycles. The molecule has 5 nitrogen and oxygen atoms in total. The van der Waals surface area contributed by atoms with E-state index in [1.54, 1.807) is 0 Å². The number of aromatic nitrogens is 2. The van der Waals surface area contributed by atoms with Crippen molar-refractivity contribution in [2.45, 2.75) is 37.7 Å². The summed E-state index contributed by atoms with van der Waals surface area (Å²) >= 11 is 6.16. The fourth-order valence-electron chi connectivity index (χ4n) is 5.85. The molecule has 0 fully saturated rings. The van der Waals surface area contributed by atoms with Crippen LogP contribution in [0.3, 0.4) is 0 Å². The second-order valence-corrected chi connectivity index (χ2v) is 10.2. The third-order valence-corrected chi connectivity index (χ3v) is 7.79. The number of carbonyl (C=O) groups is 1. The molecule has 2 heterocycles. The lowest BCUT2D eigenvalue weighted by atomic mass is 9.75. The molecule has 6 heteroatoms. The summed E-state index contributed by atoms with van der Waals surface area (Å²) in [6.07, 6.45) is 1.85. The third kappa shape index (κ3) is 4.44. The summed E-state index contributed by atoms with van der Waals surface area (Å²) in [6, 6.07) is 26.3. The minimum Gasteiger partial charge on any atom is -0.487 e. The van der Waals surface area contributed by atoms with Crippen molar-refractivity contribution in [3.05, 3.63) is 106 Å². The summed E-state index contributed by atoms with van der Waals surface area (Å²) in [7, 11) is 2.04. The average molecular weight is 511 g/mol. The standard InChI is InChI=1S/C31H27ClN2O3/c1-34-28-17-24(37-18-23-12-8-20-4-2-3-5-27(20)33-23)13-15-26(28)30-25(19-6-10-22(32)11-7-19)14-9-21(31(30)34)16-29(35)36/h2-8,10-13,15,17,21,25H,9,14,16,18H2,1H3,(H,35,36). The van der Waals surface area contributed by atoms with Gasteiger partial charge in [-0.25, -0.2) is 4.98 Å². The Hall–Kier alpha value is -3.83. The molecule has 0 saturated carbocycles. The van der Waals surface area contributed by atoms with Gasteiger partial charge in [-0.1, -0.05) is 48.0 Å². The molecule has 2 atom stereocenters. The van der Waals surface area contributed by atoms with E-state index in [2.05, 4.69) is 34.9 Å². The van der Waals surface area contributed by atoms with E-state index in [0.29, 0.717) is 11.6 Å². The van der Waals surface area contributed by atoms with E-state index in [4.69, 9.17) is 21.3 Å². The molecule has 6 rings (SSSR count). The topological polar surface area (TPSA) is 64.4 Å². The van der Waals surface area contributed by atoms with Gasteiger partial charge in [0.25, 0.3) is 0 Å². The highest BCUT2D eigenvalue weighted by Crippen LogP contribution is 2.48. The van der Waals surface area contributed by atoms with Crippen LogP contribution in [0.5, 0.6) is 5.75 Å². The first-order chi connectivity index (χ1) is 18.0. The highest BCUT2D eigenvalue weighted by molar-refractivity contribution is 6.30. The van der Waals surface area contributed by atoms with Crippen LogP contribution in [0.15, 0.2) is 78.9 Å². The largest absolute Gasteiger partial charge is 0.487 e. The van der Waals surface area contributed by atoms with Crippen LogP contribution in [0, 0.1) is 0 Å². The van der Waals surface area contributed by atoms with Crippen molar-refractivity contribution in [1.82, 2.24) is 9.55 Å². The van der Waals surface area contributed by atoms with Crippen LogP contribution in [0.25, 0.3) is 21.8 Å². The Labute approximate surface area is 220 Å². The molecule has 0 saturated heterocycles. The van der Waals surface area contributed by atoms with Gasteiger partial charge >= 0.3 is 5.97 Å². The van der Waals surface area contributed by atoms with E-state index in [1.165, 1.54) is 11.1 Å². The number of ether oxygens (including phenoxy) is 1. The zero-order chi connectivity index (χ0) is 25.5. The number of para-hydroxylation sites is 1. The Balaban J connectivity index is 1.37. The maximum Gasteiger partial charge on any atom is 0.304 e. The van der Waals surface area contributed by atoms with Crippen molar-refractivity contribution in [1.29, 1.82) is 0 Å². The fraction of sp³-hybridized carbons (Fsp3) is 0.226. The molecule has 5 aromatic rings. The quantitative estimate of drug-likeness (QED) is 0.258. The summed E-state index contributed by atoms with van der Waals surface area (Å²) in [5.74, 6) is 0.158. The van der Waals surface area contributed by atoms with Gasteiger partial charge < -0.3 is 14.4 Å². The number of rotatable bonds is 6. The first-order valence-corrected chi connectivity index (χ1v) is 12.9. The number of benzene rings is 3. The van der Waals surface area contributed by atoms with Crippen LogP contribution < -0.4 is 4.74 Å². The summed E-state index contributed by atoms with van der Waals surface area (Å²) in [6.45, 7) is 0.371. The zero-order valence-corrected chi connectivity index (χ0v) is 21.3. The number of aliphatic carboxylic acids is 1. The predicted octanol–water partition coefficient (Wildman–Crippen LogP) is 7.44. The van der Waals surface area contributed by atoms with E-state index in [0.717, 1.165) is 51.8 Å². The number of halogens is 1. The Morgan fingerprint density at radius 1 is 1.05 bits per heavy atom. The maximum atomic E-state index is 11.7. The highest BCUT2D eigenvalue weighted by atomic mass is 35.5. The molecule has 2 unspecified atom stereocenters. The first-order valence-electron chi connectivity index (χ1n) is 12.5. The second kappa shape index (κ2) is 9.56. The molecule has 0 bridgehead atoms. The van der Waals surface area contributed by atoms with E-state index in [1.807, 2.05) is 55.6 Å². The van der Waals surface area contributed by atoms with Crippen LogP contribution in [0.2, 0.25) is 5.02 Å². The van der Waals surface area contributed by atoms with Crippen molar-refractivity contribution in [2.75, 3.05) is 0 Å². The monoisotopic (exact) mass is 510 g/mol. The normalized spacial score (nSPS) is 17.1. The van der Waals surface area contributed by atoms with Gasteiger partial charge in [-0.05, 0) is 60.4 Å². The zero-order valence-electron chi connectivity index (χ0n) is 20.5. The summed E-state index contributed by atoms with van der Waals surface area (Å²) in [5, 5.41) is 12.6. The van der Waals surface area contributed by atoms with Gasteiger partial charge in [-0.3, -0.25) is 4.79 Å². The van der Waals surface area contributed by atoms with Crippen molar-refractivity contribution >= 4 is 39.4 Å². The number of carboxylic acids is 1. The lowest BCUT2D eigenvalue weighted by molar-refractivity contribution is -0.137. The minimum absolute atomic E-state index is 0.0281. The number of hydrogen-bond acceptors (Lipinski definition) is 3. The van der Waals surface area contributed by atoms with E-state index >= 15 is 0 Å². The SMILES string of the molecule is Cn1c2c(c3ccc(OCc4ccc5ccccc5n4)cc31)C(c1ccc(Cl)cc1)CCC2CC(=O)O. The van der Waals surface area contributed by atoms with Crippen LogP contribution in [0.4, 0.5) is 0 Å². The van der Waals surface area contributed by atoms with Gasteiger partial charge in [-0.2, -0.15) is 0 Å². The molecule has 0 radical (unpaired) electrons. The Morgan fingerprint density at radius 3 is 2.68 bits per heavy atom. The molecule has 1 aliphatic rings. The van der Waals surface area contributed by atoms with Gasteiger partial charge in [0, 0.05) is 46.4 Å². The van der Waals surface area contributed by atoms with Crippen LogP contribution in [-0.2, 0) is 18.4 Å². The smallest absolute Gasteiger partial charge is 0.304 e. The van der Waals surface area contributed by atoms with Gasteiger partial charge in [0.05, 0.1) is 23.1 Å². The molecule has 37 heavy (non-hydrogen) atoms. The molecule has 0 spiro atoms. The Bertz CT molecular complexity index is 1620. The molecule has 1 N–H and O–H groups in total. The van der Waals surface area contributed by atoms with E-state index in [-0.39, 0.29) is 18.3 Å². The van der Waals surface area contributed by atoms with Crippen molar-refractivity contribution in [3.8, 4) is 5.75 Å². The summed E-state index contributed by atoms with van der Waals surface area (Å²) in [5.41, 5.74) is 6.40. The fourth-order valence-corrected chi connectivity index (χ4v) is 5.97. The van der Waals surface area contributed by atoms with E-state index < -0.39 is 5.97 Å². The van der Waals surface area contributed by atoms with Gasteiger partial charge in [-0.15, -0.1) is 0 Å². The number of nitrogens with zero attached hydrogens (tertiary/aromatic N) is 2. The highest BCUT2D eigenvalue weighted by Gasteiger charge is 2.34. The number of aryl methyl sites for hydroxylation is 1. The minimum atomic E-state index is -0.766. The molecule has 0 amide bonds. The van der Waals surface area contributed by atoms with Gasteiger partial charge in [0.15, 0.2) is 0 Å². The molecular weight excluding hydrogens is 484 g/mol. The van der Waals surface area contributed by atoms with Gasteiger partial charge in [0.2, 0.25) is 0 Å². The van der Waals surface area contributed by atoms with Crippen LogP contribution in [-0.4, -0.2) is 20.6 Å². The molecule has 3 aromatic carbocycles. The third-order valence-electron chi connectivity index (χ3n) is 7.53. The van der Waals surface area contributed by atoms with E-state index in [9.17, 15) is 9.90 Å². The number of hydrogen-bond donors (Lipinski definition) is 1. The lowest BCUT2D eigenvalue weighted by Crippen LogP contribution is -2.19. The van der Waals surface area contributed by atoms with Crippen LogP contribution in [0.1, 0.15) is 53.6 Å². The predicted molar refractivity (Wildman–Crippen MR) is 147 cm³/mol. The average Bonchev–Trinajstić information content (AvgIpc) is 3.20. The van der Waals surface area contributed by atoms with Crippen molar-refractivity contribution in [2.24, 2.45) is 7.05 Å². The van der Waals surface area contributed by atoms with Crippen LogP contribution >= 0.6 is 11.6 Å². The summed E-state index contributed by atoms with van der Waals surface area (Å²) in [4.78, 5) is 16.4. The molecule has 186 valence electrons. The van der Waals surface area contributed by atoms with Crippen molar-refractivity contribution in [3.63, 3.8) is 0 Å². The number of carboxylic acid groups (broad SMARTS) is 1. The Morgan fingerprint density at radius 2 is 1.86 bits per heavy atom. The molecular formula is C31H27ClN2O3. The number of pyridine rings is 1. The second-order valence-electron chi connectivity index (χ2n) is 9.80. The number of fused-ring (bicyclic) bond motifs is 4. The summed E-state index contributed by atoms with van der Waals surface area (Å²) < 4.78 is 8.34. The van der Waals surface area contributed by atoms with Gasteiger partial charge in [0.1, 0.15) is 12.4 Å². The lowest BCUT2D eigenvalue weighted by Gasteiger charge is -2.30. The van der Waals surface area contributed by atoms with Crippen molar-refractivity contribution < 1.29 is 14.6 Å². The maximum absolute atomic E-state index is 11.7.